The van der Waals surface area contributed by atoms with E-state index in [1.165, 1.54) is 13.1 Å². The highest BCUT2D eigenvalue weighted by Crippen LogP contribution is 1.89. The smallest absolute Gasteiger partial charge is 0.101 e. The second-order valence-electron chi connectivity index (χ2n) is 1.58. The second-order valence-corrected chi connectivity index (χ2v) is 1.58. The summed E-state index contributed by atoms with van der Waals surface area (Å²) in [6.07, 6.45) is 3.17. The van der Waals surface area contributed by atoms with Gasteiger partial charge in [-0.05, 0) is 12.1 Å². The van der Waals surface area contributed by atoms with E-state index >= 15 is 0 Å². The quantitative estimate of drug-likeness (QED) is 0.555. The molecule has 0 radical (unpaired) electrons. The summed E-state index contributed by atoms with van der Waals surface area (Å²) >= 11 is 0. The van der Waals surface area contributed by atoms with Crippen molar-refractivity contribution in [3.05, 3.63) is 30.1 Å². The van der Waals surface area contributed by atoms with Crippen molar-refractivity contribution in [3.8, 4) is 12.1 Å². The van der Waals surface area contributed by atoms with Gasteiger partial charge in [-0.1, -0.05) is 0 Å². The second kappa shape index (κ2) is 6.25. The lowest BCUT2D eigenvalue weighted by Crippen LogP contribution is -1.72. The van der Waals surface area contributed by atoms with E-state index in [0.717, 1.165) is 0 Å². The van der Waals surface area contributed by atoms with Gasteiger partial charge < -0.3 is 0 Å². The first-order valence-corrected chi connectivity index (χ1v) is 2.96. The van der Waals surface area contributed by atoms with Crippen LogP contribution in [-0.2, 0) is 0 Å². The van der Waals surface area contributed by atoms with Gasteiger partial charge in [-0.25, -0.2) is 0 Å². The van der Waals surface area contributed by atoms with Crippen molar-refractivity contribution in [2.75, 3.05) is 0 Å². The van der Waals surface area contributed by atoms with Gasteiger partial charge in [0.2, 0.25) is 0 Å². The number of nitrogens with zero attached hydrogens (tertiary/aromatic N) is 3. The van der Waals surface area contributed by atoms with Gasteiger partial charge in [0.1, 0.15) is 6.07 Å². The van der Waals surface area contributed by atoms with Crippen LogP contribution in [0.2, 0.25) is 0 Å². The summed E-state index contributed by atoms with van der Waals surface area (Å²) in [5.41, 5.74) is 0.604. The lowest BCUT2D eigenvalue weighted by Gasteiger charge is -1.79. The van der Waals surface area contributed by atoms with Crippen LogP contribution >= 0.6 is 0 Å². The highest BCUT2D eigenvalue weighted by atomic mass is 14.6. The molecule has 3 nitrogen and oxygen atoms in total. The molecule has 1 aromatic rings. The summed E-state index contributed by atoms with van der Waals surface area (Å²) in [7, 11) is 0. The first-order valence-electron chi connectivity index (χ1n) is 2.96. The summed E-state index contributed by atoms with van der Waals surface area (Å²) < 4.78 is 0. The molecule has 11 heavy (non-hydrogen) atoms. The highest BCUT2D eigenvalue weighted by molar-refractivity contribution is 5.23. The third kappa shape index (κ3) is 4.62. The average molecular weight is 145 g/mol. The van der Waals surface area contributed by atoms with Crippen molar-refractivity contribution in [2.45, 2.75) is 6.92 Å². The predicted octanol–water partition coefficient (Wildman–Crippen LogP) is 1.48. The van der Waals surface area contributed by atoms with Crippen LogP contribution in [-0.4, -0.2) is 4.98 Å². The van der Waals surface area contributed by atoms with Gasteiger partial charge in [0.25, 0.3) is 0 Å². The van der Waals surface area contributed by atoms with Gasteiger partial charge in [-0.2, -0.15) is 10.5 Å². The minimum atomic E-state index is 0.604. The van der Waals surface area contributed by atoms with Gasteiger partial charge in [-0.15, -0.1) is 0 Å². The topological polar surface area (TPSA) is 60.5 Å². The van der Waals surface area contributed by atoms with Gasteiger partial charge in [0.05, 0.1) is 11.6 Å². The number of nitriles is 2. The van der Waals surface area contributed by atoms with Crippen molar-refractivity contribution in [3.63, 3.8) is 0 Å². The minimum Gasteiger partial charge on any atom is -0.263 e. The standard InChI is InChI=1S/C6H4N2.C2H3N/c7-4-6-2-1-3-8-5-6;1-2-3/h1-3,5H;1H3. The summed E-state index contributed by atoms with van der Waals surface area (Å²) in [5, 5.41) is 15.6. The fraction of sp³-hybridized carbons (Fsp3) is 0.125. The molecule has 1 aromatic heterocycles. The van der Waals surface area contributed by atoms with Gasteiger partial charge in [0, 0.05) is 19.3 Å². The van der Waals surface area contributed by atoms with Crippen LogP contribution in [0, 0.1) is 22.7 Å². The van der Waals surface area contributed by atoms with E-state index in [1.807, 2.05) is 6.07 Å². The minimum absolute atomic E-state index is 0.604. The van der Waals surface area contributed by atoms with E-state index in [1.54, 1.807) is 24.4 Å². The van der Waals surface area contributed by atoms with Crippen molar-refractivity contribution < 1.29 is 0 Å². The number of pyridine rings is 1. The van der Waals surface area contributed by atoms with Crippen LogP contribution in [0.4, 0.5) is 0 Å². The molecule has 0 amide bonds. The van der Waals surface area contributed by atoms with Gasteiger partial charge in [0.15, 0.2) is 0 Å². The maximum atomic E-state index is 8.25. The van der Waals surface area contributed by atoms with E-state index in [4.69, 9.17) is 10.5 Å². The Labute approximate surface area is 65.5 Å². The molecule has 0 N–H and O–H groups in total. The fourth-order valence-corrected chi connectivity index (χ4v) is 0.429. The largest absolute Gasteiger partial charge is 0.263 e. The molecule has 0 aliphatic carbocycles. The lowest BCUT2D eigenvalue weighted by molar-refractivity contribution is 1.30. The summed E-state index contributed by atoms with van der Waals surface area (Å²) in [6.45, 7) is 1.43. The fourth-order valence-electron chi connectivity index (χ4n) is 0.429. The average Bonchev–Trinajstić information content (AvgIpc) is 2.08. The van der Waals surface area contributed by atoms with Gasteiger partial charge >= 0.3 is 0 Å². The first-order chi connectivity index (χ1) is 5.35. The molecule has 0 bridgehead atoms. The first kappa shape index (κ1) is 9.13. The van der Waals surface area contributed by atoms with Crippen molar-refractivity contribution in [1.82, 2.24) is 4.98 Å². The molecule has 54 valence electrons. The molecular formula is C8H7N3. The third-order valence-corrected chi connectivity index (χ3v) is 0.791. The summed E-state index contributed by atoms with van der Waals surface area (Å²) in [5.74, 6) is 0. The molecule has 1 heterocycles. The zero-order valence-electron chi connectivity index (χ0n) is 6.15. The molecule has 1 rings (SSSR count). The Morgan fingerprint density at radius 3 is 2.36 bits per heavy atom. The number of hydrogen-bond donors (Lipinski definition) is 0. The molecule has 0 aromatic carbocycles. The van der Waals surface area contributed by atoms with Crippen LogP contribution in [0.1, 0.15) is 12.5 Å². The molecular weight excluding hydrogens is 138 g/mol. The third-order valence-electron chi connectivity index (χ3n) is 0.791. The Kier molecular flexibility index (Phi) is 5.19. The zero-order chi connectivity index (χ0) is 8.53. The monoisotopic (exact) mass is 145 g/mol. The summed E-state index contributed by atoms with van der Waals surface area (Å²) in [6, 6.07) is 7.16. The van der Waals surface area contributed by atoms with Gasteiger partial charge in [-0.3, -0.25) is 4.98 Å². The van der Waals surface area contributed by atoms with E-state index in [-0.39, 0.29) is 0 Å². The number of hydrogen-bond acceptors (Lipinski definition) is 3. The van der Waals surface area contributed by atoms with Crippen molar-refractivity contribution >= 4 is 0 Å². The molecule has 0 atom stereocenters. The molecule has 3 heteroatoms. The molecule has 0 saturated heterocycles. The Morgan fingerprint density at radius 1 is 1.45 bits per heavy atom. The van der Waals surface area contributed by atoms with E-state index in [2.05, 4.69) is 4.98 Å². The van der Waals surface area contributed by atoms with E-state index < -0.39 is 0 Å². The van der Waals surface area contributed by atoms with E-state index in [9.17, 15) is 0 Å². The highest BCUT2D eigenvalue weighted by Gasteiger charge is 1.80. The maximum Gasteiger partial charge on any atom is 0.101 e. The Hall–Kier alpha value is -1.87. The summed E-state index contributed by atoms with van der Waals surface area (Å²) in [4.78, 5) is 3.73. The van der Waals surface area contributed by atoms with Crippen molar-refractivity contribution in [2.24, 2.45) is 0 Å². The maximum absolute atomic E-state index is 8.25. The van der Waals surface area contributed by atoms with Crippen molar-refractivity contribution in [1.29, 1.82) is 10.5 Å². The molecule has 0 unspecified atom stereocenters. The van der Waals surface area contributed by atoms with Crippen LogP contribution in [0.5, 0.6) is 0 Å². The van der Waals surface area contributed by atoms with Crippen LogP contribution in [0.25, 0.3) is 0 Å². The molecule has 0 aliphatic heterocycles. The molecule has 0 saturated carbocycles. The molecule has 0 spiro atoms. The normalized spacial score (nSPS) is 6.45. The number of aromatic nitrogens is 1. The SMILES string of the molecule is CC#N.N#Cc1cccnc1. The zero-order valence-corrected chi connectivity index (χ0v) is 6.15. The number of rotatable bonds is 0. The Morgan fingerprint density at radius 2 is 2.09 bits per heavy atom. The Balaban J connectivity index is 0.000000292. The van der Waals surface area contributed by atoms with Crippen LogP contribution in [0.3, 0.4) is 0 Å². The predicted molar refractivity (Wildman–Crippen MR) is 40.2 cm³/mol. The van der Waals surface area contributed by atoms with Crippen LogP contribution in [0.15, 0.2) is 24.5 Å². The molecule has 0 aliphatic rings. The van der Waals surface area contributed by atoms with E-state index in [0.29, 0.717) is 5.56 Å². The Bertz CT molecular complexity index is 266. The molecule has 0 fully saturated rings. The lowest BCUT2D eigenvalue weighted by atomic mass is 10.3. The van der Waals surface area contributed by atoms with Crippen LogP contribution < -0.4 is 0 Å².